The molecule has 1 aliphatic heterocycles. The van der Waals surface area contributed by atoms with E-state index in [2.05, 4.69) is 45.5 Å². The molecule has 0 bridgehead atoms. The average molecular weight is 372 g/mol. The number of nitrogens with zero attached hydrogens (tertiary/aromatic N) is 2. The van der Waals surface area contributed by atoms with Crippen molar-refractivity contribution in [1.82, 2.24) is 15.2 Å². The van der Waals surface area contributed by atoms with Crippen LogP contribution in [0.4, 0.5) is 0 Å². The van der Waals surface area contributed by atoms with Gasteiger partial charge in [0.15, 0.2) is 0 Å². The minimum absolute atomic E-state index is 0. The molecule has 138 valence electrons. The van der Waals surface area contributed by atoms with Crippen LogP contribution >= 0.6 is 12.4 Å². The molecule has 0 radical (unpaired) electrons. The van der Waals surface area contributed by atoms with Crippen LogP contribution in [0.1, 0.15) is 47.9 Å². The quantitative estimate of drug-likeness (QED) is 0.898. The number of hydrogen-bond donors (Lipinski definition) is 1. The fraction of sp³-hybridized carbons (Fsp3) is 0.429. The molecule has 1 aromatic carbocycles. The highest BCUT2D eigenvalue weighted by atomic mass is 35.5. The lowest BCUT2D eigenvalue weighted by Gasteiger charge is -2.37. The number of carbonyl (C=O) groups is 1. The Balaban J connectivity index is 0.00000196. The van der Waals surface area contributed by atoms with Crippen molar-refractivity contribution >= 4 is 18.3 Å². The van der Waals surface area contributed by atoms with Crippen LogP contribution in [0.25, 0.3) is 0 Å². The first-order valence-electron chi connectivity index (χ1n) is 9.31. The molecule has 1 N–H and O–H groups in total. The highest BCUT2D eigenvalue weighted by Gasteiger charge is 2.30. The van der Waals surface area contributed by atoms with Crippen LogP contribution < -0.4 is 5.32 Å². The van der Waals surface area contributed by atoms with Gasteiger partial charge < -0.3 is 10.2 Å². The second-order valence-corrected chi connectivity index (χ2v) is 7.09. The van der Waals surface area contributed by atoms with Gasteiger partial charge in [0.05, 0.1) is 6.04 Å². The zero-order valence-corrected chi connectivity index (χ0v) is 15.8. The highest BCUT2D eigenvalue weighted by molar-refractivity contribution is 5.85. The predicted molar refractivity (Wildman–Crippen MR) is 106 cm³/mol. The third-order valence-corrected chi connectivity index (χ3v) is 5.55. The Kier molecular flexibility index (Phi) is 6.28. The molecule has 1 aromatic heterocycles. The molecule has 1 fully saturated rings. The number of aromatic nitrogens is 1. The van der Waals surface area contributed by atoms with Gasteiger partial charge in [0.25, 0.3) is 0 Å². The fourth-order valence-electron chi connectivity index (χ4n) is 4.27. The monoisotopic (exact) mass is 371 g/mol. The number of piperazine rings is 1. The van der Waals surface area contributed by atoms with Gasteiger partial charge in [-0.25, -0.2) is 0 Å². The standard InChI is InChI=1S/C21H25N3O.ClH/c25-21(13-17-7-3-6-16-5-1-2-9-19(16)17)24-12-11-23-15-20(24)18-8-4-10-22-14-18;/h1-2,4-5,8-10,14,17,20,23H,3,6-7,11-13,15H2;1H. The summed E-state index contributed by atoms with van der Waals surface area (Å²) in [6, 6.07) is 12.7. The normalized spacial score (nSPS) is 22.2. The molecule has 0 saturated carbocycles. The van der Waals surface area contributed by atoms with Gasteiger partial charge >= 0.3 is 0 Å². The third kappa shape index (κ3) is 3.92. The Morgan fingerprint density at radius 3 is 2.96 bits per heavy atom. The molecule has 5 heteroatoms. The molecule has 2 aromatic rings. The Morgan fingerprint density at radius 2 is 2.12 bits per heavy atom. The van der Waals surface area contributed by atoms with Gasteiger partial charge in [-0.3, -0.25) is 9.78 Å². The Labute approximate surface area is 161 Å². The van der Waals surface area contributed by atoms with E-state index in [0.717, 1.165) is 38.0 Å². The maximum atomic E-state index is 13.1. The number of carbonyl (C=O) groups excluding carboxylic acids is 1. The zero-order valence-electron chi connectivity index (χ0n) is 14.9. The van der Waals surface area contributed by atoms with E-state index in [1.807, 2.05) is 12.3 Å². The summed E-state index contributed by atoms with van der Waals surface area (Å²) >= 11 is 0. The van der Waals surface area contributed by atoms with E-state index in [4.69, 9.17) is 0 Å². The lowest BCUT2D eigenvalue weighted by Crippen LogP contribution is -2.49. The summed E-state index contributed by atoms with van der Waals surface area (Å²) in [6.45, 7) is 2.44. The number of aryl methyl sites for hydroxylation is 1. The number of halogens is 1. The first kappa shape index (κ1) is 18.9. The summed E-state index contributed by atoms with van der Waals surface area (Å²) < 4.78 is 0. The van der Waals surface area contributed by atoms with Crippen LogP contribution in [0.2, 0.25) is 0 Å². The van der Waals surface area contributed by atoms with E-state index in [0.29, 0.717) is 12.3 Å². The van der Waals surface area contributed by atoms with Gasteiger partial charge in [0.1, 0.15) is 0 Å². The SMILES string of the molecule is Cl.O=C(CC1CCCc2ccccc21)N1CCNCC1c1cccnc1. The van der Waals surface area contributed by atoms with Crippen LogP contribution in [0, 0.1) is 0 Å². The average Bonchev–Trinajstić information content (AvgIpc) is 2.69. The summed E-state index contributed by atoms with van der Waals surface area (Å²) in [7, 11) is 0. The van der Waals surface area contributed by atoms with Gasteiger partial charge in [0, 0.05) is 38.4 Å². The Hall–Kier alpha value is -1.91. The van der Waals surface area contributed by atoms with Crippen molar-refractivity contribution in [2.24, 2.45) is 0 Å². The van der Waals surface area contributed by atoms with Gasteiger partial charge in [-0.1, -0.05) is 30.3 Å². The summed E-state index contributed by atoms with van der Waals surface area (Å²) in [5.74, 6) is 0.638. The van der Waals surface area contributed by atoms with Gasteiger partial charge in [-0.05, 0) is 47.9 Å². The van der Waals surface area contributed by atoms with E-state index >= 15 is 0 Å². The molecule has 2 unspecified atom stereocenters. The third-order valence-electron chi connectivity index (χ3n) is 5.55. The van der Waals surface area contributed by atoms with Crippen molar-refractivity contribution in [1.29, 1.82) is 0 Å². The summed E-state index contributed by atoms with van der Waals surface area (Å²) in [6.07, 6.45) is 7.73. The van der Waals surface area contributed by atoms with Crippen LogP contribution in [0.15, 0.2) is 48.8 Å². The van der Waals surface area contributed by atoms with E-state index in [9.17, 15) is 4.79 Å². The zero-order chi connectivity index (χ0) is 17.1. The number of pyridine rings is 1. The van der Waals surface area contributed by atoms with Gasteiger partial charge in [-0.15, -0.1) is 12.4 Å². The number of hydrogen-bond acceptors (Lipinski definition) is 3. The summed E-state index contributed by atoms with van der Waals surface area (Å²) in [4.78, 5) is 19.4. The molecule has 2 heterocycles. The molecule has 0 spiro atoms. The molecule has 1 aliphatic carbocycles. The van der Waals surface area contributed by atoms with E-state index in [1.54, 1.807) is 6.20 Å². The van der Waals surface area contributed by atoms with Crippen molar-refractivity contribution in [2.75, 3.05) is 19.6 Å². The van der Waals surface area contributed by atoms with Gasteiger partial charge in [-0.2, -0.15) is 0 Å². The number of benzene rings is 1. The predicted octanol–water partition coefficient (Wildman–Crippen LogP) is 3.49. The van der Waals surface area contributed by atoms with Crippen LogP contribution in [-0.4, -0.2) is 35.4 Å². The number of amides is 1. The van der Waals surface area contributed by atoms with Crippen molar-refractivity contribution in [3.63, 3.8) is 0 Å². The number of nitrogens with one attached hydrogen (secondary N) is 1. The Morgan fingerprint density at radius 1 is 1.23 bits per heavy atom. The molecular weight excluding hydrogens is 346 g/mol. The van der Waals surface area contributed by atoms with E-state index in [-0.39, 0.29) is 24.4 Å². The second kappa shape index (κ2) is 8.65. The van der Waals surface area contributed by atoms with Crippen molar-refractivity contribution < 1.29 is 4.79 Å². The topological polar surface area (TPSA) is 45.2 Å². The number of fused-ring (bicyclic) bond motifs is 1. The van der Waals surface area contributed by atoms with Crippen LogP contribution in [0.5, 0.6) is 0 Å². The minimum Gasteiger partial charge on any atom is -0.333 e. The molecule has 4 rings (SSSR count). The maximum Gasteiger partial charge on any atom is 0.223 e. The largest absolute Gasteiger partial charge is 0.333 e. The van der Waals surface area contributed by atoms with Crippen molar-refractivity contribution in [3.8, 4) is 0 Å². The molecule has 2 aliphatic rings. The minimum atomic E-state index is 0. The lowest BCUT2D eigenvalue weighted by atomic mass is 9.81. The van der Waals surface area contributed by atoms with Crippen LogP contribution in [-0.2, 0) is 11.2 Å². The fourth-order valence-corrected chi connectivity index (χ4v) is 4.27. The molecule has 2 atom stereocenters. The van der Waals surface area contributed by atoms with E-state index in [1.165, 1.54) is 17.5 Å². The first-order valence-corrected chi connectivity index (χ1v) is 9.31. The lowest BCUT2D eigenvalue weighted by molar-refractivity contribution is -0.135. The molecule has 1 amide bonds. The van der Waals surface area contributed by atoms with Crippen molar-refractivity contribution in [3.05, 3.63) is 65.5 Å². The summed E-state index contributed by atoms with van der Waals surface area (Å²) in [5, 5.41) is 3.42. The Bertz CT molecular complexity index is 737. The molecule has 1 saturated heterocycles. The molecule has 26 heavy (non-hydrogen) atoms. The molecular formula is C21H26ClN3O. The van der Waals surface area contributed by atoms with Gasteiger partial charge in [0.2, 0.25) is 5.91 Å². The number of rotatable bonds is 3. The summed E-state index contributed by atoms with van der Waals surface area (Å²) in [5.41, 5.74) is 3.93. The maximum absolute atomic E-state index is 13.1. The highest BCUT2D eigenvalue weighted by Crippen LogP contribution is 2.35. The van der Waals surface area contributed by atoms with Crippen molar-refractivity contribution in [2.45, 2.75) is 37.6 Å². The van der Waals surface area contributed by atoms with E-state index < -0.39 is 0 Å². The molecule has 4 nitrogen and oxygen atoms in total. The second-order valence-electron chi connectivity index (χ2n) is 7.09. The smallest absolute Gasteiger partial charge is 0.223 e. The van der Waals surface area contributed by atoms with Crippen LogP contribution in [0.3, 0.4) is 0 Å². The first-order chi connectivity index (χ1) is 12.3.